The topological polar surface area (TPSA) is 78.9 Å². The molecule has 6 nitrogen and oxygen atoms in total. The molecule has 0 aromatic carbocycles. The van der Waals surface area contributed by atoms with Gasteiger partial charge in [-0.25, -0.2) is 0 Å². The Hall–Kier alpha value is -2.11. The summed E-state index contributed by atoms with van der Waals surface area (Å²) in [6.45, 7) is 6.66. The summed E-state index contributed by atoms with van der Waals surface area (Å²) in [5.41, 5.74) is 0. The Balaban J connectivity index is 4.06. The van der Waals surface area contributed by atoms with Gasteiger partial charge in [0.2, 0.25) is 0 Å². The predicted octanol–water partition coefficient (Wildman–Crippen LogP) is 23.0. The molecule has 0 aliphatic rings. The van der Waals surface area contributed by atoms with Gasteiger partial charge in [-0.3, -0.25) is 14.4 Å². The summed E-state index contributed by atoms with van der Waals surface area (Å²) in [5, 5.41) is 0. The number of hydrogen-bond acceptors (Lipinski definition) is 6. The van der Waals surface area contributed by atoms with Crippen molar-refractivity contribution in [2.45, 2.75) is 386 Å². The number of esters is 3. The SMILES string of the molecule is CCCCC/C=C\C/C=C\CCCCCCCC(=O)OC(COC(=O)CCCCCCCCCCCCC)COC(=O)CCCCCCCCCCCCCCCCCCCCCCCCCCCCCCCCC. The highest BCUT2D eigenvalue weighted by Gasteiger charge is 2.19. The molecule has 0 saturated carbocycles. The minimum Gasteiger partial charge on any atom is -0.462 e. The van der Waals surface area contributed by atoms with Crippen molar-refractivity contribution in [1.29, 1.82) is 0 Å². The van der Waals surface area contributed by atoms with Gasteiger partial charge in [-0.2, -0.15) is 0 Å². The van der Waals surface area contributed by atoms with Crippen LogP contribution in [0.15, 0.2) is 24.3 Å². The largest absolute Gasteiger partial charge is 0.462 e. The fraction of sp³-hybridized carbons (Fsp3) is 0.899. The third-order valence-corrected chi connectivity index (χ3v) is 15.5. The van der Waals surface area contributed by atoms with Crippen LogP contribution in [-0.4, -0.2) is 37.2 Å². The Bertz CT molecular complexity index is 1210. The normalized spacial score (nSPS) is 12.1. The van der Waals surface area contributed by atoms with E-state index in [1.165, 1.54) is 263 Å². The van der Waals surface area contributed by atoms with Crippen molar-refractivity contribution in [3.05, 3.63) is 24.3 Å². The van der Waals surface area contributed by atoms with E-state index < -0.39 is 6.10 Å². The Morgan fingerprint density at radius 3 is 0.760 bits per heavy atom. The van der Waals surface area contributed by atoms with Crippen LogP contribution in [0.5, 0.6) is 0 Å². The molecule has 75 heavy (non-hydrogen) atoms. The molecule has 0 saturated heterocycles. The van der Waals surface area contributed by atoms with Crippen LogP contribution < -0.4 is 0 Å². The molecule has 0 fully saturated rings. The summed E-state index contributed by atoms with van der Waals surface area (Å²) in [4.78, 5) is 38.2. The van der Waals surface area contributed by atoms with Crippen molar-refractivity contribution in [3.8, 4) is 0 Å². The first-order valence-electron chi connectivity index (χ1n) is 33.8. The van der Waals surface area contributed by atoms with Crippen molar-refractivity contribution in [3.63, 3.8) is 0 Å². The molecule has 442 valence electrons. The maximum Gasteiger partial charge on any atom is 0.306 e. The lowest BCUT2D eigenvalue weighted by Crippen LogP contribution is -2.30. The molecule has 0 N–H and O–H groups in total. The maximum atomic E-state index is 12.9. The monoisotopic (exact) mass is 1050 g/mol. The summed E-state index contributed by atoms with van der Waals surface area (Å²) < 4.78 is 16.9. The highest BCUT2D eigenvalue weighted by atomic mass is 16.6. The zero-order chi connectivity index (χ0) is 54.3. The molecule has 1 unspecified atom stereocenters. The minimum atomic E-state index is -0.774. The number of allylic oxidation sites excluding steroid dienone is 4. The summed E-state index contributed by atoms with van der Waals surface area (Å²) in [6.07, 6.45) is 77.9. The van der Waals surface area contributed by atoms with Crippen molar-refractivity contribution < 1.29 is 28.6 Å². The van der Waals surface area contributed by atoms with Gasteiger partial charge in [0.25, 0.3) is 0 Å². The van der Waals surface area contributed by atoms with Crippen LogP contribution in [0.4, 0.5) is 0 Å². The Morgan fingerprint density at radius 1 is 0.267 bits per heavy atom. The van der Waals surface area contributed by atoms with Crippen LogP contribution in [0.3, 0.4) is 0 Å². The molecule has 0 aromatic heterocycles. The zero-order valence-corrected chi connectivity index (χ0v) is 50.8. The second kappa shape index (κ2) is 64.4. The van der Waals surface area contributed by atoms with E-state index in [2.05, 4.69) is 45.1 Å². The quantitative estimate of drug-likeness (QED) is 0.0261. The molecule has 0 spiro atoms. The number of carbonyl (C=O) groups excluding carboxylic acids is 3. The standard InChI is InChI=1S/C69H130O6/c1-4-7-10-13-16-19-22-24-26-27-28-29-30-31-32-33-34-35-36-37-38-39-40-41-43-44-47-50-53-56-59-62-68(71)74-65-66(64-73-67(70)61-58-55-52-49-46-21-18-15-12-9-6-3)75-69(72)63-60-57-54-51-48-45-42-25-23-20-17-14-11-8-5-2/h17,20,25,42,66H,4-16,18-19,21-24,26-41,43-65H2,1-3H3/b20-17-,42-25-. The van der Waals surface area contributed by atoms with Gasteiger partial charge in [0.15, 0.2) is 6.10 Å². The van der Waals surface area contributed by atoms with E-state index in [9.17, 15) is 14.4 Å². The number of carbonyl (C=O) groups is 3. The zero-order valence-electron chi connectivity index (χ0n) is 50.8. The molecule has 1 atom stereocenters. The lowest BCUT2D eigenvalue weighted by Gasteiger charge is -2.18. The van der Waals surface area contributed by atoms with Crippen LogP contribution in [0, 0.1) is 0 Å². The molecule has 0 aromatic rings. The number of rotatable bonds is 63. The lowest BCUT2D eigenvalue weighted by atomic mass is 10.0. The van der Waals surface area contributed by atoms with Gasteiger partial charge in [-0.1, -0.05) is 334 Å². The Kier molecular flexibility index (Phi) is 62.6. The van der Waals surface area contributed by atoms with E-state index in [1.807, 2.05) is 0 Å². The van der Waals surface area contributed by atoms with Crippen molar-refractivity contribution in [2.24, 2.45) is 0 Å². The summed E-state index contributed by atoms with van der Waals surface area (Å²) in [7, 11) is 0. The first kappa shape index (κ1) is 72.9. The second-order valence-corrected chi connectivity index (χ2v) is 23.1. The fourth-order valence-corrected chi connectivity index (χ4v) is 10.4. The average Bonchev–Trinajstić information content (AvgIpc) is 3.41. The molecule has 0 aliphatic heterocycles. The van der Waals surface area contributed by atoms with Gasteiger partial charge >= 0.3 is 17.9 Å². The molecule has 0 amide bonds. The van der Waals surface area contributed by atoms with Gasteiger partial charge in [0.1, 0.15) is 13.2 Å². The predicted molar refractivity (Wildman–Crippen MR) is 326 cm³/mol. The molecular formula is C69H130O6. The van der Waals surface area contributed by atoms with E-state index in [-0.39, 0.29) is 31.1 Å². The molecular weight excluding hydrogens is 925 g/mol. The number of ether oxygens (including phenoxy) is 3. The van der Waals surface area contributed by atoms with E-state index >= 15 is 0 Å². The third kappa shape index (κ3) is 62.6. The fourth-order valence-electron chi connectivity index (χ4n) is 10.4. The van der Waals surface area contributed by atoms with Gasteiger partial charge in [0.05, 0.1) is 0 Å². The third-order valence-electron chi connectivity index (χ3n) is 15.5. The smallest absolute Gasteiger partial charge is 0.306 e. The Morgan fingerprint density at radius 2 is 0.480 bits per heavy atom. The molecule has 0 heterocycles. The van der Waals surface area contributed by atoms with Crippen LogP contribution in [-0.2, 0) is 28.6 Å². The number of unbranched alkanes of at least 4 members (excludes halogenated alkanes) is 48. The second-order valence-electron chi connectivity index (χ2n) is 23.1. The maximum absolute atomic E-state index is 12.9. The molecule has 0 bridgehead atoms. The summed E-state index contributed by atoms with van der Waals surface area (Å²) in [5.74, 6) is -0.861. The van der Waals surface area contributed by atoms with Crippen molar-refractivity contribution >= 4 is 17.9 Å². The molecule has 0 aliphatic carbocycles. The lowest BCUT2D eigenvalue weighted by molar-refractivity contribution is -0.167. The van der Waals surface area contributed by atoms with E-state index in [4.69, 9.17) is 14.2 Å². The average molecular weight is 1060 g/mol. The molecule has 0 radical (unpaired) electrons. The van der Waals surface area contributed by atoms with E-state index in [1.54, 1.807) is 0 Å². The van der Waals surface area contributed by atoms with Crippen molar-refractivity contribution in [1.82, 2.24) is 0 Å². The van der Waals surface area contributed by atoms with Gasteiger partial charge in [-0.05, 0) is 51.4 Å². The number of hydrogen-bond donors (Lipinski definition) is 0. The highest BCUT2D eigenvalue weighted by Crippen LogP contribution is 2.19. The van der Waals surface area contributed by atoms with Gasteiger partial charge in [0, 0.05) is 19.3 Å². The van der Waals surface area contributed by atoms with Crippen LogP contribution in [0.1, 0.15) is 380 Å². The summed E-state index contributed by atoms with van der Waals surface area (Å²) >= 11 is 0. The van der Waals surface area contributed by atoms with E-state index in [0.717, 1.165) is 77.0 Å². The van der Waals surface area contributed by atoms with Gasteiger partial charge in [-0.15, -0.1) is 0 Å². The first-order chi connectivity index (χ1) is 37.0. The van der Waals surface area contributed by atoms with E-state index in [0.29, 0.717) is 19.3 Å². The molecule has 6 heteroatoms. The summed E-state index contributed by atoms with van der Waals surface area (Å²) in [6, 6.07) is 0. The van der Waals surface area contributed by atoms with Gasteiger partial charge < -0.3 is 14.2 Å². The van der Waals surface area contributed by atoms with Crippen LogP contribution >= 0.6 is 0 Å². The van der Waals surface area contributed by atoms with Crippen molar-refractivity contribution in [2.75, 3.05) is 13.2 Å². The van der Waals surface area contributed by atoms with Crippen LogP contribution in [0.25, 0.3) is 0 Å². The Labute approximate surface area is 468 Å². The first-order valence-corrected chi connectivity index (χ1v) is 33.8. The molecule has 0 rings (SSSR count). The highest BCUT2D eigenvalue weighted by molar-refractivity contribution is 5.71. The minimum absolute atomic E-state index is 0.0714. The van der Waals surface area contributed by atoms with Crippen LogP contribution in [0.2, 0.25) is 0 Å².